The average Bonchev–Trinajstić information content (AvgIpc) is 3.62. The molecule has 206 valence electrons. The zero-order valence-electron chi connectivity index (χ0n) is 20.3. The summed E-state index contributed by atoms with van der Waals surface area (Å²) in [4.78, 5) is 24.8. The van der Waals surface area contributed by atoms with Crippen LogP contribution in [0.1, 0.15) is 13.2 Å². The van der Waals surface area contributed by atoms with Gasteiger partial charge in [0.2, 0.25) is 0 Å². The van der Waals surface area contributed by atoms with E-state index in [4.69, 9.17) is 4.74 Å². The van der Waals surface area contributed by atoms with Gasteiger partial charge in [0.1, 0.15) is 17.9 Å². The van der Waals surface area contributed by atoms with Crippen LogP contribution in [0.2, 0.25) is 0 Å². The second-order valence-corrected chi connectivity index (χ2v) is 8.84. The molecular formula is C22H21F4N9O4. The number of ether oxygens (including phenoxy) is 1. The van der Waals surface area contributed by atoms with Crippen molar-refractivity contribution in [2.45, 2.75) is 37.4 Å². The van der Waals surface area contributed by atoms with Gasteiger partial charge in [0, 0.05) is 19.5 Å². The van der Waals surface area contributed by atoms with Crippen molar-refractivity contribution in [2.24, 2.45) is 0 Å². The Bertz CT molecular complexity index is 1540. The molecule has 0 saturated carbocycles. The number of nitrogens with one attached hydrogen (secondary N) is 2. The Labute approximate surface area is 216 Å². The first-order chi connectivity index (χ1) is 18.5. The van der Waals surface area contributed by atoms with Crippen molar-refractivity contribution in [2.75, 3.05) is 18.9 Å². The lowest BCUT2D eigenvalue weighted by atomic mass is 10.1. The van der Waals surface area contributed by atoms with Crippen LogP contribution in [0.15, 0.2) is 30.7 Å². The van der Waals surface area contributed by atoms with Crippen molar-refractivity contribution >= 4 is 22.9 Å². The molecule has 39 heavy (non-hydrogen) atoms. The first-order valence-corrected chi connectivity index (χ1v) is 11.4. The molecule has 4 atom stereocenters. The molecule has 1 fully saturated rings. The van der Waals surface area contributed by atoms with Gasteiger partial charge >= 0.3 is 0 Å². The van der Waals surface area contributed by atoms with Crippen LogP contribution in [0.25, 0.3) is 28.4 Å². The molecule has 1 amide bonds. The van der Waals surface area contributed by atoms with Crippen molar-refractivity contribution in [3.63, 3.8) is 0 Å². The summed E-state index contributed by atoms with van der Waals surface area (Å²) in [5.41, 5.74) is 0.317. The predicted molar refractivity (Wildman–Crippen MR) is 125 cm³/mol. The van der Waals surface area contributed by atoms with E-state index in [0.717, 1.165) is 16.8 Å². The second kappa shape index (κ2) is 9.83. The topological polar surface area (TPSA) is 165 Å². The Morgan fingerprint density at radius 3 is 2.64 bits per heavy atom. The number of carbonyl (C=O) groups excluding carboxylic acids is 1. The van der Waals surface area contributed by atoms with Crippen LogP contribution in [-0.4, -0.2) is 88.5 Å². The lowest BCUT2D eigenvalue weighted by molar-refractivity contribution is -0.137. The minimum absolute atomic E-state index is 0.0117. The van der Waals surface area contributed by atoms with Gasteiger partial charge in [-0.1, -0.05) is 5.21 Å². The maximum atomic E-state index is 13.7. The van der Waals surface area contributed by atoms with Gasteiger partial charge in [0.15, 0.2) is 40.9 Å². The molecule has 1 saturated heterocycles. The van der Waals surface area contributed by atoms with E-state index in [1.807, 2.05) is 0 Å². The fourth-order valence-corrected chi connectivity index (χ4v) is 3.95. The molecule has 3 aromatic heterocycles. The van der Waals surface area contributed by atoms with Crippen LogP contribution in [0, 0.1) is 11.6 Å². The molecule has 4 aromatic rings. The van der Waals surface area contributed by atoms with Gasteiger partial charge < -0.3 is 25.6 Å². The van der Waals surface area contributed by atoms with E-state index in [1.54, 1.807) is 0 Å². The number of nitrogens with zero attached hydrogens (tertiary/aromatic N) is 7. The Balaban J connectivity index is 1.58. The number of halogens is 4. The second-order valence-electron chi connectivity index (χ2n) is 8.84. The monoisotopic (exact) mass is 551 g/mol. The normalized spacial score (nSPS) is 21.4. The number of alkyl halides is 2. The lowest BCUT2D eigenvalue weighted by Gasteiger charge is -2.17. The minimum atomic E-state index is -3.12. The van der Waals surface area contributed by atoms with E-state index in [-0.39, 0.29) is 34.2 Å². The van der Waals surface area contributed by atoms with E-state index >= 15 is 0 Å². The quantitative estimate of drug-likeness (QED) is 0.241. The summed E-state index contributed by atoms with van der Waals surface area (Å²) in [6, 6.07) is 3.13. The van der Waals surface area contributed by atoms with Crippen LogP contribution >= 0.6 is 0 Å². The number of imidazole rings is 1. The van der Waals surface area contributed by atoms with Crippen LogP contribution in [0.5, 0.6) is 0 Å². The smallest absolute Gasteiger partial charge is 0.262 e. The molecule has 1 aliphatic heterocycles. The molecule has 0 radical (unpaired) electrons. The Morgan fingerprint density at radius 1 is 1.18 bits per heavy atom. The molecule has 0 unspecified atom stereocenters. The summed E-state index contributed by atoms with van der Waals surface area (Å²) >= 11 is 0. The number of benzene rings is 1. The zero-order valence-corrected chi connectivity index (χ0v) is 20.3. The molecular weight excluding hydrogens is 530 g/mol. The van der Waals surface area contributed by atoms with Gasteiger partial charge in [-0.15, -0.1) is 5.10 Å². The predicted octanol–water partition coefficient (Wildman–Crippen LogP) is 0.784. The molecule has 1 aliphatic rings. The summed E-state index contributed by atoms with van der Waals surface area (Å²) in [6.07, 6.45) is -3.41. The molecule has 4 heterocycles. The summed E-state index contributed by atoms with van der Waals surface area (Å²) in [6.45, 7) is -0.116. The van der Waals surface area contributed by atoms with Crippen molar-refractivity contribution < 1.29 is 37.3 Å². The number of anilines is 1. The van der Waals surface area contributed by atoms with Gasteiger partial charge in [-0.2, -0.15) is 14.6 Å². The third-order valence-electron chi connectivity index (χ3n) is 5.91. The largest absolute Gasteiger partial charge is 0.387 e. The number of aromatic nitrogens is 7. The van der Waals surface area contributed by atoms with Gasteiger partial charge in [-0.25, -0.2) is 22.5 Å². The maximum Gasteiger partial charge on any atom is 0.262 e. The number of aliphatic hydroxyl groups is 2. The number of likely N-dealkylation sites (N-methyl/N-ethyl adjacent to an activating group) is 1. The molecule has 0 bridgehead atoms. The number of hydrogen-bond donors (Lipinski definition) is 4. The molecule has 17 heteroatoms. The van der Waals surface area contributed by atoms with Gasteiger partial charge in [-0.05, 0) is 18.2 Å². The molecule has 1 aromatic carbocycles. The van der Waals surface area contributed by atoms with Gasteiger partial charge in [0.25, 0.3) is 17.8 Å². The maximum absolute atomic E-state index is 13.7. The number of rotatable bonds is 7. The van der Waals surface area contributed by atoms with Gasteiger partial charge in [0.05, 0.1) is 19.1 Å². The highest BCUT2D eigenvalue weighted by Crippen LogP contribution is 2.33. The molecule has 4 N–H and O–H groups in total. The minimum Gasteiger partial charge on any atom is -0.387 e. The van der Waals surface area contributed by atoms with E-state index in [9.17, 15) is 32.6 Å². The van der Waals surface area contributed by atoms with Crippen molar-refractivity contribution in [3.8, 4) is 17.2 Å². The fourth-order valence-electron chi connectivity index (χ4n) is 3.95. The van der Waals surface area contributed by atoms with E-state index in [0.29, 0.717) is 6.92 Å². The first kappa shape index (κ1) is 26.4. The standard InChI is InChI=1S/C22H21F4N9O4/c1-22(25,26)7-28-17-13-18(34(8-29-13)20-15(37)14(36)16(39-20)19(38)27-2)31-21(30-17)35-6-12(32-33-35)9-3-4-10(23)11(24)5-9/h3-6,8,14-16,20,36-37H,7H2,1-2H3,(H,27,38)(H,28,30,31)/t14-,15+,16-,20+/m0/s1. The van der Waals surface area contributed by atoms with E-state index in [1.165, 1.54) is 30.2 Å². The number of carbonyl (C=O) groups is 1. The Kier molecular flexibility index (Phi) is 6.65. The molecule has 5 rings (SSSR count). The molecule has 0 aliphatic carbocycles. The van der Waals surface area contributed by atoms with Crippen molar-refractivity contribution in [1.29, 1.82) is 0 Å². The summed E-state index contributed by atoms with van der Waals surface area (Å²) in [5, 5.41) is 33.6. The van der Waals surface area contributed by atoms with Crippen LogP contribution in [-0.2, 0) is 9.53 Å². The third kappa shape index (κ3) is 4.98. The molecule has 0 spiro atoms. The molecule has 13 nitrogen and oxygen atoms in total. The third-order valence-corrected chi connectivity index (χ3v) is 5.91. The fraction of sp³-hybridized carbons (Fsp3) is 0.364. The Hall–Kier alpha value is -4.22. The SMILES string of the molecule is CNC(=O)[C@H]1O[C@@H](n2cnc3c(NCC(C)(F)F)nc(-n4cc(-c5ccc(F)c(F)c5)nn4)nc32)[C@H](O)[C@@H]1O. The van der Waals surface area contributed by atoms with Crippen molar-refractivity contribution in [1.82, 2.24) is 39.8 Å². The summed E-state index contributed by atoms with van der Waals surface area (Å²) in [7, 11) is 1.33. The number of fused-ring (bicyclic) bond motifs is 1. The average molecular weight is 551 g/mol. The van der Waals surface area contributed by atoms with Crippen molar-refractivity contribution in [3.05, 3.63) is 42.4 Å². The number of amides is 1. The summed E-state index contributed by atoms with van der Waals surface area (Å²) < 4.78 is 62.2. The van der Waals surface area contributed by atoms with Crippen LogP contribution < -0.4 is 10.6 Å². The highest BCUT2D eigenvalue weighted by molar-refractivity contribution is 5.84. The van der Waals surface area contributed by atoms with E-state index in [2.05, 4.69) is 35.9 Å². The van der Waals surface area contributed by atoms with Crippen LogP contribution in [0.3, 0.4) is 0 Å². The summed E-state index contributed by atoms with van der Waals surface area (Å²) in [5.74, 6) is -6.26. The van der Waals surface area contributed by atoms with Gasteiger partial charge in [-0.3, -0.25) is 9.36 Å². The highest BCUT2D eigenvalue weighted by atomic mass is 19.3. The Morgan fingerprint density at radius 2 is 1.95 bits per heavy atom. The number of aliphatic hydroxyl groups excluding tert-OH is 2. The van der Waals surface area contributed by atoms with E-state index < -0.39 is 54.5 Å². The zero-order chi connectivity index (χ0) is 28.1. The lowest BCUT2D eigenvalue weighted by Crippen LogP contribution is -2.41. The highest BCUT2D eigenvalue weighted by Gasteiger charge is 2.47. The first-order valence-electron chi connectivity index (χ1n) is 11.4. The number of hydrogen-bond acceptors (Lipinski definition) is 10. The van der Waals surface area contributed by atoms with Crippen LogP contribution in [0.4, 0.5) is 23.4 Å².